The number of hydrogen-bond donors (Lipinski definition) is 1. The summed E-state index contributed by atoms with van der Waals surface area (Å²) in [5, 5.41) is 11.1. The van der Waals surface area contributed by atoms with Gasteiger partial charge in [-0.05, 0) is 41.3 Å². The van der Waals surface area contributed by atoms with E-state index in [1.807, 2.05) is 12.1 Å². The Hall–Kier alpha value is -3.43. The molecular formula is C23H20ClN3O5S. The van der Waals surface area contributed by atoms with E-state index >= 15 is 0 Å². The van der Waals surface area contributed by atoms with Crippen molar-refractivity contribution < 1.29 is 23.7 Å². The van der Waals surface area contributed by atoms with Gasteiger partial charge in [-0.15, -0.1) is 0 Å². The molecule has 2 aromatic rings. The van der Waals surface area contributed by atoms with E-state index in [0.29, 0.717) is 38.8 Å². The average molecular weight is 486 g/mol. The second-order valence-corrected chi connectivity index (χ2v) is 8.04. The Kier molecular flexibility index (Phi) is 6.90. The SMILES string of the molecule is COc1cc(/C=C2/C(=N)N3C=CSC3=NC2=O)cc(OC)c1OCCOc1ccccc1Cl. The van der Waals surface area contributed by atoms with Crippen molar-refractivity contribution in [3.63, 3.8) is 0 Å². The highest BCUT2D eigenvalue weighted by Gasteiger charge is 2.31. The first-order valence-corrected chi connectivity index (χ1v) is 11.1. The van der Waals surface area contributed by atoms with Crippen molar-refractivity contribution in [3.8, 4) is 23.0 Å². The number of aliphatic imine (C=N–C) groups is 1. The monoisotopic (exact) mass is 485 g/mol. The molecule has 2 aliphatic heterocycles. The lowest BCUT2D eigenvalue weighted by Crippen LogP contribution is -2.35. The predicted octanol–water partition coefficient (Wildman–Crippen LogP) is 4.59. The molecule has 0 bridgehead atoms. The van der Waals surface area contributed by atoms with Crippen LogP contribution in [0, 0.1) is 5.41 Å². The summed E-state index contributed by atoms with van der Waals surface area (Å²) in [4.78, 5) is 18.1. The first-order valence-electron chi connectivity index (χ1n) is 9.84. The third-order valence-electron chi connectivity index (χ3n) is 4.73. The van der Waals surface area contributed by atoms with Gasteiger partial charge in [0.2, 0.25) is 5.75 Å². The van der Waals surface area contributed by atoms with Crippen LogP contribution in [-0.4, -0.2) is 49.2 Å². The summed E-state index contributed by atoms with van der Waals surface area (Å²) in [5.74, 6) is 1.37. The Balaban J connectivity index is 1.53. The molecule has 2 aromatic carbocycles. The standard InChI is InChI=1S/C23H20ClN3O5S/c1-29-18-12-14(11-15-21(25)27-7-10-33-23(27)26-22(15)28)13-19(30-2)20(18)32-9-8-31-17-6-4-3-5-16(17)24/h3-7,10-13,25H,8-9H2,1-2H3/b15-11-,25-21?. The van der Waals surface area contributed by atoms with Gasteiger partial charge in [0.25, 0.3) is 5.91 Å². The molecule has 0 saturated heterocycles. The maximum absolute atomic E-state index is 12.5. The molecule has 8 nitrogen and oxygen atoms in total. The summed E-state index contributed by atoms with van der Waals surface area (Å²) in [5.41, 5.74) is 0.766. The van der Waals surface area contributed by atoms with Gasteiger partial charge < -0.3 is 18.9 Å². The van der Waals surface area contributed by atoms with Gasteiger partial charge in [-0.25, -0.2) is 0 Å². The number of nitrogens with zero attached hydrogens (tertiary/aromatic N) is 2. The number of amidine groups is 2. The zero-order valence-corrected chi connectivity index (χ0v) is 19.4. The molecule has 10 heteroatoms. The van der Waals surface area contributed by atoms with Crippen LogP contribution < -0.4 is 18.9 Å². The Morgan fingerprint density at radius 2 is 1.79 bits per heavy atom. The number of nitrogens with one attached hydrogen (secondary N) is 1. The van der Waals surface area contributed by atoms with E-state index in [2.05, 4.69) is 4.99 Å². The van der Waals surface area contributed by atoms with E-state index in [4.69, 9.17) is 36.0 Å². The zero-order valence-electron chi connectivity index (χ0n) is 17.8. The molecule has 0 aliphatic carbocycles. The fourth-order valence-corrected chi connectivity index (χ4v) is 4.08. The molecular weight excluding hydrogens is 466 g/mol. The summed E-state index contributed by atoms with van der Waals surface area (Å²) in [7, 11) is 3.02. The van der Waals surface area contributed by atoms with E-state index in [1.165, 1.54) is 26.0 Å². The van der Waals surface area contributed by atoms with Crippen molar-refractivity contribution in [1.29, 1.82) is 5.41 Å². The number of thioether (sulfide) groups is 1. The molecule has 2 heterocycles. The largest absolute Gasteiger partial charge is 0.493 e. The van der Waals surface area contributed by atoms with E-state index in [0.717, 1.165) is 0 Å². The summed E-state index contributed by atoms with van der Waals surface area (Å²) in [6, 6.07) is 10.6. The van der Waals surface area contributed by atoms with Crippen molar-refractivity contribution in [2.24, 2.45) is 4.99 Å². The fourth-order valence-electron chi connectivity index (χ4n) is 3.18. The molecule has 4 rings (SSSR count). The molecule has 0 aromatic heterocycles. The first-order chi connectivity index (χ1) is 16.0. The highest BCUT2D eigenvalue weighted by Crippen LogP contribution is 2.39. The normalized spacial score (nSPS) is 16.0. The minimum atomic E-state index is -0.475. The number of amides is 1. The highest BCUT2D eigenvalue weighted by molar-refractivity contribution is 8.16. The second-order valence-electron chi connectivity index (χ2n) is 6.76. The maximum atomic E-state index is 12.5. The maximum Gasteiger partial charge on any atom is 0.283 e. The summed E-state index contributed by atoms with van der Waals surface area (Å²) >= 11 is 7.39. The molecule has 0 saturated carbocycles. The van der Waals surface area contributed by atoms with Crippen LogP contribution in [0.1, 0.15) is 5.56 Å². The van der Waals surface area contributed by atoms with E-state index in [-0.39, 0.29) is 24.6 Å². The number of methoxy groups -OCH3 is 2. The molecule has 0 unspecified atom stereocenters. The Morgan fingerprint density at radius 3 is 2.48 bits per heavy atom. The third-order valence-corrected chi connectivity index (χ3v) is 5.80. The van der Waals surface area contributed by atoms with Crippen molar-refractivity contribution in [3.05, 3.63) is 64.2 Å². The molecule has 0 fully saturated rings. The number of fused-ring (bicyclic) bond motifs is 1. The lowest BCUT2D eigenvalue weighted by atomic mass is 10.1. The first kappa shape index (κ1) is 22.8. The quantitative estimate of drug-likeness (QED) is 0.431. The van der Waals surface area contributed by atoms with Crippen LogP contribution in [0.15, 0.2) is 58.6 Å². The van der Waals surface area contributed by atoms with Crippen molar-refractivity contribution in [2.45, 2.75) is 0 Å². The van der Waals surface area contributed by atoms with Gasteiger partial charge in [0.15, 0.2) is 16.7 Å². The number of carbonyl (C=O) groups is 1. The summed E-state index contributed by atoms with van der Waals surface area (Å²) in [6.45, 7) is 0.479. The average Bonchev–Trinajstić information content (AvgIpc) is 3.29. The fraction of sp³-hybridized carbons (Fsp3) is 0.174. The van der Waals surface area contributed by atoms with Gasteiger partial charge in [-0.2, -0.15) is 4.99 Å². The van der Waals surface area contributed by atoms with E-state index in [9.17, 15) is 4.79 Å². The lowest BCUT2D eigenvalue weighted by molar-refractivity contribution is -0.114. The van der Waals surface area contributed by atoms with Crippen molar-refractivity contribution in [1.82, 2.24) is 4.90 Å². The van der Waals surface area contributed by atoms with Gasteiger partial charge in [0, 0.05) is 6.20 Å². The van der Waals surface area contributed by atoms with E-state index < -0.39 is 5.91 Å². The van der Waals surface area contributed by atoms with Gasteiger partial charge in [-0.3, -0.25) is 15.1 Å². The van der Waals surface area contributed by atoms with Gasteiger partial charge >= 0.3 is 0 Å². The number of carbonyl (C=O) groups excluding carboxylic acids is 1. The summed E-state index contributed by atoms with van der Waals surface area (Å²) < 4.78 is 22.5. The number of benzene rings is 2. The number of halogens is 1. The van der Waals surface area contributed by atoms with Crippen LogP contribution in [-0.2, 0) is 4.79 Å². The zero-order chi connectivity index (χ0) is 23.4. The molecule has 170 valence electrons. The molecule has 0 spiro atoms. The van der Waals surface area contributed by atoms with Crippen molar-refractivity contribution >= 4 is 46.3 Å². The molecule has 1 N–H and O–H groups in total. The van der Waals surface area contributed by atoms with Gasteiger partial charge in [0.1, 0.15) is 24.8 Å². The third kappa shape index (κ3) is 4.84. The molecule has 0 radical (unpaired) electrons. The van der Waals surface area contributed by atoms with E-state index in [1.54, 1.807) is 46.8 Å². The number of para-hydroxylation sites is 1. The smallest absolute Gasteiger partial charge is 0.283 e. The summed E-state index contributed by atoms with van der Waals surface area (Å²) in [6.07, 6.45) is 3.28. The van der Waals surface area contributed by atoms with Crippen LogP contribution in [0.25, 0.3) is 6.08 Å². The molecule has 0 atom stereocenters. The van der Waals surface area contributed by atoms with Crippen LogP contribution >= 0.6 is 23.4 Å². The van der Waals surface area contributed by atoms with Gasteiger partial charge in [0.05, 0.1) is 24.8 Å². The minimum Gasteiger partial charge on any atom is -0.493 e. The number of rotatable bonds is 8. The lowest BCUT2D eigenvalue weighted by Gasteiger charge is -2.22. The second kappa shape index (κ2) is 10.0. The number of ether oxygens (including phenoxy) is 4. The Morgan fingerprint density at radius 1 is 1.09 bits per heavy atom. The van der Waals surface area contributed by atoms with Crippen LogP contribution in [0.4, 0.5) is 0 Å². The van der Waals surface area contributed by atoms with Gasteiger partial charge in [-0.1, -0.05) is 35.5 Å². The van der Waals surface area contributed by atoms with Crippen LogP contribution in [0.2, 0.25) is 5.02 Å². The van der Waals surface area contributed by atoms with Crippen molar-refractivity contribution in [2.75, 3.05) is 27.4 Å². The molecule has 2 aliphatic rings. The van der Waals surface area contributed by atoms with Crippen LogP contribution in [0.5, 0.6) is 23.0 Å². The molecule has 1 amide bonds. The van der Waals surface area contributed by atoms with Crippen LogP contribution in [0.3, 0.4) is 0 Å². The highest BCUT2D eigenvalue weighted by atomic mass is 35.5. The Bertz CT molecular complexity index is 1170. The topological polar surface area (TPSA) is 93.4 Å². The Labute approximate surface area is 199 Å². The molecule has 33 heavy (non-hydrogen) atoms. The predicted molar refractivity (Wildman–Crippen MR) is 129 cm³/mol. The minimum absolute atomic E-state index is 0.0567. The number of hydrogen-bond acceptors (Lipinski definition) is 7.